The van der Waals surface area contributed by atoms with Crippen molar-refractivity contribution in [3.63, 3.8) is 0 Å². The number of carbonyl (C=O) groups excluding carboxylic acids is 2. The van der Waals surface area contributed by atoms with Gasteiger partial charge in [-0.25, -0.2) is 9.78 Å². The summed E-state index contributed by atoms with van der Waals surface area (Å²) in [5, 5.41) is 6.81. The van der Waals surface area contributed by atoms with E-state index in [0.29, 0.717) is 17.9 Å². The van der Waals surface area contributed by atoms with Crippen molar-refractivity contribution in [1.29, 1.82) is 0 Å². The smallest absolute Gasteiger partial charge is 0.344 e. The van der Waals surface area contributed by atoms with Crippen LogP contribution in [0.15, 0.2) is 42.0 Å². The molecule has 29 heavy (non-hydrogen) atoms. The van der Waals surface area contributed by atoms with Crippen molar-refractivity contribution < 1.29 is 19.1 Å². The van der Waals surface area contributed by atoms with Gasteiger partial charge in [0.2, 0.25) is 5.91 Å². The summed E-state index contributed by atoms with van der Waals surface area (Å²) in [6, 6.07) is 7.13. The van der Waals surface area contributed by atoms with Crippen LogP contribution in [-0.4, -0.2) is 39.8 Å². The molecule has 1 amide bonds. The first-order chi connectivity index (χ1) is 14.1. The lowest BCUT2D eigenvalue weighted by molar-refractivity contribution is -0.147. The first-order valence-electron chi connectivity index (χ1n) is 9.21. The summed E-state index contributed by atoms with van der Waals surface area (Å²) < 4.78 is 12.4. The summed E-state index contributed by atoms with van der Waals surface area (Å²) in [7, 11) is 1.85. The van der Waals surface area contributed by atoms with E-state index in [1.807, 2.05) is 30.8 Å². The van der Waals surface area contributed by atoms with Gasteiger partial charge in [-0.05, 0) is 30.7 Å². The van der Waals surface area contributed by atoms with Gasteiger partial charge in [-0.1, -0.05) is 0 Å². The third-order valence-corrected chi connectivity index (χ3v) is 5.40. The van der Waals surface area contributed by atoms with E-state index in [1.54, 1.807) is 27.9 Å². The van der Waals surface area contributed by atoms with Crippen LogP contribution in [0.4, 0.5) is 5.69 Å². The molecule has 0 saturated carbocycles. The Morgan fingerprint density at radius 3 is 2.79 bits per heavy atom. The molecule has 9 heteroatoms. The van der Waals surface area contributed by atoms with Crippen molar-refractivity contribution in [3.8, 4) is 16.3 Å². The molecule has 2 aromatic heterocycles. The van der Waals surface area contributed by atoms with Gasteiger partial charge < -0.3 is 14.4 Å². The molecule has 1 aromatic carbocycles. The van der Waals surface area contributed by atoms with Crippen LogP contribution in [0.5, 0.6) is 5.75 Å². The Bertz CT molecular complexity index is 1010. The number of hydrogen-bond acceptors (Lipinski definition) is 7. The zero-order valence-corrected chi connectivity index (χ0v) is 16.7. The lowest BCUT2D eigenvalue weighted by atomic mass is 10.3. The fourth-order valence-corrected chi connectivity index (χ4v) is 3.80. The predicted octanol–water partition coefficient (Wildman–Crippen LogP) is 2.79. The second-order valence-corrected chi connectivity index (χ2v) is 7.50. The Balaban J connectivity index is 1.24. The number of thiazole rings is 1. The summed E-state index contributed by atoms with van der Waals surface area (Å²) in [4.78, 5) is 29.9. The van der Waals surface area contributed by atoms with Crippen molar-refractivity contribution >= 4 is 28.9 Å². The van der Waals surface area contributed by atoms with Gasteiger partial charge in [0.25, 0.3) is 0 Å². The minimum absolute atomic E-state index is 0.0922. The van der Waals surface area contributed by atoms with Crippen molar-refractivity contribution in [2.24, 2.45) is 7.05 Å². The molecule has 0 spiro atoms. The SMILES string of the molecule is Cn1cc(-c2nc(COC(=O)COc3ccc(N4CCCC4=O)cc3)cs2)cn1. The number of hydrogen-bond donors (Lipinski definition) is 0. The van der Waals surface area contributed by atoms with Crippen LogP contribution in [0.3, 0.4) is 0 Å². The fourth-order valence-electron chi connectivity index (χ4n) is 3.02. The summed E-state index contributed by atoms with van der Waals surface area (Å²) in [5.74, 6) is 0.209. The number of aryl methyl sites for hydroxylation is 1. The highest BCUT2D eigenvalue weighted by Gasteiger charge is 2.21. The third-order valence-electron chi connectivity index (χ3n) is 4.46. The number of ether oxygens (including phenoxy) is 2. The highest BCUT2D eigenvalue weighted by Crippen LogP contribution is 2.24. The second-order valence-electron chi connectivity index (χ2n) is 6.64. The van der Waals surface area contributed by atoms with Gasteiger partial charge in [0.15, 0.2) is 6.61 Å². The Kier molecular flexibility index (Phi) is 5.57. The molecule has 3 heterocycles. The molecule has 1 aliphatic rings. The monoisotopic (exact) mass is 412 g/mol. The van der Waals surface area contributed by atoms with Crippen LogP contribution in [0.25, 0.3) is 10.6 Å². The quantitative estimate of drug-likeness (QED) is 0.555. The van der Waals surface area contributed by atoms with E-state index in [-0.39, 0.29) is 19.1 Å². The molecule has 0 aliphatic carbocycles. The lowest BCUT2D eigenvalue weighted by Crippen LogP contribution is -2.23. The average molecular weight is 412 g/mol. The van der Waals surface area contributed by atoms with Gasteiger partial charge in [0.05, 0.1) is 11.9 Å². The highest BCUT2D eigenvalue weighted by molar-refractivity contribution is 7.13. The molecular formula is C20H20N4O4S. The number of carbonyl (C=O) groups is 2. The first kappa shape index (κ1) is 19.1. The molecule has 0 atom stereocenters. The predicted molar refractivity (Wildman–Crippen MR) is 108 cm³/mol. The van der Waals surface area contributed by atoms with Crippen LogP contribution < -0.4 is 9.64 Å². The maximum Gasteiger partial charge on any atom is 0.344 e. The minimum Gasteiger partial charge on any atom is -0.482 e. The van der Waals surface area contributed by atoms with Crippen LogP contribution in [0.2, 0.25) is 0 Å². The number of benzene rings is 1. The average Bonchev–Trinajstić information content (AvgIpc) is 3.46. The zero-order chi connectivity index (χ0) is 20.2. The molecule has 1 fully saturated rings. The number of nitrogens with zero attached hydrogens (tertiary/aromatic N) is 4. The minimum atomic E-state index is -0.472. The Hall–Kier alpha value is -3.20. The number of esters is 1. The van der Waals surface area contributed by atoms with Gasteiger partial charge in [0, 0.05) is 42.8 Å². The van der Waals surface area contributed by atoms with E-state index >= 15 is 0 Å². The normalized spacial score (nSPS) is 13.7. The topological polar surface area (TPSA) is 86.6 Å². The molecule has 0 unspecified atom stereocenters. The Morgan fingerprint density at radius 2 is 2.10 bits per heavy atom. The molecular weight excluding hydrogens is 392 g/mol. The molecule has 4 rings (SSSR count). The van der Waals surface area contributed by atoms with E-state index in [1.165, 1.54) is 11.3 Å². The van der Waals surface area contributed by atoms with Crippen molar-refractivity contribution in [3.05, 3.63) is 47.7 Å². The molecule has 0 radical (unpaired) electrons. The van der Waals surface area contributed by atoms with Crippen LogP contribution in [0, 0.1) is 0 Å². The van der Waals surface area contributed by atoms with E-state index in [4.69, 9.17) is 9.47 Å². The number of aromatic nitrogens is 3. The molecule has 150 valence electrons. The highest BCUT2D eigenvalue weighted by atomic mass is 32.1. The van der Waals surface area contributed by atoms with Gasteiger partial charge in [-0.2, -0.15) is 5.10 Å². The van der Waals surface area contributed by atoms with Crippen molar-refractivity contribution in [2.75, 3.05) is 18.1 Å². The summed E-state index contributed by atoms with van der Waals surface area (Å²) in [5.41, 5.74) is 2.45. The molecule has 8 nitrogen and oxygen atoms in total. The lowest BCUT2D eigenvalue weighted by Gasteiger charge is -2.16. The van der Waals surface area contributed by atoms with Gasteiger partial charge >= 0.3 is 5.97 Å². The second kappa shape index (κ2) is 8.44. The number of rotatable bonds is 7. The Labute approximate surface area is 171 Å². The molecule has 3 aromatic rings. The summed E-state index contributed by atoms with van der Waals surface area (Å²) in [6.07, 6.45) is 5.10. The fraction of sp³-hybridized carbons (Fsp3) is 0.300. The largest absolute Gasteiger partial charge is 0.482 e. The van der Waals surface area contributed by atoms with Gasteiger partial charge in [-0.15, -0.1) is 11.3 Å². The molecule has 1 saturated heterocycles. The third kappa shape index (κ3) is 4.62. The van der Waals surface area contributed by atoms with E-state index in [2.05, 4.69) is 10.1 Å². The van der Waals surface area contributed by atoms with Crippen molar-refractivity contribution in [1.82, 2.24) is 14.8 Å². The molecule has 0 N–H and O–H groups in total. The Morgan fingerprint density at radius 1 is 1.28 bits per heavy atom. The molecule has 0 bridgehead atoms. The van der Waals surface area contributed by atoms with Crippen LogP contribution >= 0.6 is 11.3 Å². The number of amides is 1. The van der Waals surface area contributed by atoms with E-state index < -0.39 is 5.97 Å². The zero-order valence-electron chi connectivity index (χ0n) is 15.9. The van der Waals surface area contributed by atoms with Crippen molar-refractivity contribution in [2.45, 2.75) is 19.4 Å². The van der Waals surface area contributed by atoms with Gasteiger partial charge in [-0.3, -0.25) is 9.48 Å². The van der Waals surface area contributed by atoms with E-state index in [9.17, 15) is 9.59 Å². The van der Waals surface area contributed by atoms with Gasteiger partial charge in [0.1, 0.15) is 17.4 Å². The van der Waals surface area contributed by atoms with Crippen LogP contribution in [0.1, 0.15) is 18.5 Å². The molecule has 1 aliphatic heterocycles. The summed E-state index contributed by atoms with van der Waals surface area (Å²) >= 11 is 1.47. The van der Waals surface area contributed by atoms with E-state index in [0.717, 1.165) is 29.2 Å². The summed E-state index contributed by atoms with van der Waals surface area (Å²) in [6.45, 7) is 0.640. The first-order valence-corrected chi connectivity index (χ1v) is 10.1. The maximum absolute atomic E-state index is 12.0. The standard InChI is InChI=1S/C20H20N4O4S/c1-23-10-14(9-21-23)20-22-15(13-29-20)11-28-19(26)12-27-17-6-4-16(5-7-17)24-8-2-3-18(24)25/h4-7,9-10,13H,2-3,8,11-12H2,1H3. The maximum atomic E-state index is 12.0. The van der Waals surface area contributed by atoms with Crippen LogP contribution in [-0.2, 0) is 28.0 Å². The number of anilines is 1.